The Kier molecular flexibility index (Phi) is 5.47. The van der Waals surface area contributed by atoms with Crippen LogP contribution in [0.4, 0.5) is 13.2 Å². The van der Waals surface area contributed by atoms with E-state index in [1.807, 2.05) is 36.3 Å². The molecule has 0 aliphatic carbocycles. The molecule has 23 heavy (non-hydrogen) atoms. The number of hydrogen-bond acceptors (Lipinski definition) is 3. The molecule has 1 aromatic heterocycles. The van der Waals surface area contributed by atoms with Crippen molar-refractivity contribution in [3.05, 3.63) is 60.1 Å². The normalized spacial score (nSPS) is 12.1. The lowest BCUT2D eigenvalue weighted by Gasteiger charge is -2.12. The first-order valence-corrected chi connectivity index (χ1v) is 6.82. The summed E-state index contributed by atoms with van der Waals surface area (Å²) in [4.78, 5) is 11.8. The topological polar surface area (TPSA) is 39.4 Å². The Balaban J connectivity index is 2.04. The van der Waals surface area contributed by atoms with Gasteiger partial charge in [0.2, 0.25) is 5.76 Å². The van der Waals surface area contributed by atoms with E-state index in [-0.39, 0.29) is 12.2 Å². The lowest BCUT2D eigenvalue weighted by atomic mass is 10.1. The lowest BCUT2D eigenvalue weighted by molar-refractivity contribution is -0.0701. The second-order valence-corrected chi connectivity index (χ2v) is 4.66. The molecular weight excluding hydrogens is 309 g/mol. The number of esters is 1. The van der Waals surface area contributed by atoms with Crippen molar-refractivity contribution in [2.75, 3.05) is 0 Å². The van der Waals surface area contributed by atoms with Crippen molar-refractivity contribution in [2.45, 2.75) is 25.1 Å². The fourth-order valence-corrected chi connectivity index (χ4v) is 1.85. The number of ether oxygens (including phenoxy) is 1. The third-order valence-electron chi connectivity index (χ3n) is 2.88. The van der Waals surface area contributed by atoms with Crippen LogP contribution in [0.5, 0.6) is 0 Å². The fourth-order valence-electron chi connectivity index (χ4n) is 1.85. The molecule has 2 aromatic rings. The molecule has 120 valence electrons. The molecule has 0 bridgehead atoms. The molecule has 2 rings (SSSR count). The highest BCUT2D eigenvalue weighted by atomic mass is 19.4. The van der Waals surface area contributed by atoms with Gasteiger partial charge in [0.25, 0.3) is 0 Å². The lowest BCUT2D eigenvalue weighted by Crippen LogP contribution is -2.18. The fraction of sp³-hybridized carbons (Fsp3) is 0.235. The first-order chi connectivity index (χ1) is 10.9. The van der Waals surface area contributed by atoms with Crippen LogP contribution in [-0.4, -0.2) is 18.2 Å². The van der Waals surface area contributed by atoms with E-state index in [0.717, 1.165) is 11.5 Å². The molecule has 1 atom stereocenters. The first kappa shape index (κ1) is 16.7. The Bertz CT molecular complexity index is 679. The van der Waals surface area contributed by atoms with E-state index >= 15 is 0 Å². The van der Waals surface area contributed by atoms with Gasteiger partial charge in [-0.2, -0.15) is 13.2 Å². The number of halogens is 3. The highest BCUT2D eigenvalue weighted by molar-refractivity contribution is 5.86. The second kappa shape index (κ2) is 7.54. The molecule has 0 amide bonds. The molecule has 0 N–H and O–H groups in total. The summed E-state index contributed by atoms with van der Waals surface area (Å²) in [5.41, 5.74) is 0.917. The van der Waals surface area contributed by atoms with Crippen molar-refractivity contribution < 1.29 is 27.1 Å². The van der Waals surface area contributed by atoms with Crippen LogP contribution in [0.2, 0.25) is 0 Å². The highest BCUT2D eigenvalue weighted by Gasteiger charge is 2.24. The summed E-state index contributed by atoms with van der Waals surface area (Å²) < 4.78 is 46.6. The molecule has 0 aliphatic rings. The van der Waals surface area contributed by atoms with Crippen molar-refractivity contribution in [3.63, 3.8) is 0 Å². The van der Waals surface area contributed by atoms with Crippen molar-refractivity contribution >= 4 is 5.97 Å². The van der Waals surface area contributed by atoms with Gasteiger partial charge in [-0.1, -0.05) is 30.3 Å². The largest absolute Gasteiger partial charge is 0.457 e. The van der Waals surface area contributed by atoms with Crippen LogP contribution in [0.3, 0.4) is 0 Å². The monoisotopic (exact) mass is 322 g/mol. The SMILES string of the molecule is O=C(OC(C#CC(F)(F)F)CCc1ccccc1)c1ccco1. The molecule has 1 unspecified atom stereocenters. The minimum atomic E-state index is -4.64. The van der Waals surface area contributed by atoms with Gasteiger partial charge in [0.15, 0.2) is 6.10 Å². The molecule has 1 heterocycles. The maximum Gasteiger partial charge on any atom is 0.457 e. The molecular formula is C17H13F3O3. The van der Waals surface area contributed by atoms with Crippen LogP contribution < -0.4 is 0 Å². The molecule has 1 aromatic carbocycles. The van der Waals surface area contributed by atoms with E-state index in [2.05, 4.69) is 0 Å². The average molecular weight is 322 g/mol. The zero-order valence-corrected chi connectivity index (χ0v) is 12.0. The number of carbonyl (C=O) groups excluding carboxylic acids is 1. The van der Waals surface area contributed by atoms with Gasteiger partial charge in [0.1, 0.15) is 0 Å². The summed E-state index contributed by atoms with van der Waals surface area (Å²) in [5.74, 6) is 2.19. The third kappa shape index (κ3) is 5.91. The zero-order chi connectivity index (χ0) is 16.7. The van der Waals surface area contributed by atoms with Crippen molar-refractivity contribution in [1.82, 2.24) is 0 Å². The summed E-state index contributed by atoms with van der Waals surface area (Å²) in [6.07, 6.45) is -3.95. The van der Waals surface area contributed by atoms with Crippen LogP contribution >= 0.6 is 0 Å². The first-order valence-electron chi connectivity index (χ1n) is 6.82. The maximum absolute atomic E-state index is 12.3. The van der Waals surface area contributed by atoms with E-state index in [1.54, 1.807) is 0 Å². The molecule has 0 aliphatic heterocycles. The Hall–Kier alpha value is -2.68. The molecule has 0 radical (unpaired) electrons. The summed E-state index contributed by atoms with van der Waals surface area (Å²) in [6.45, 7) is 0. The number of furan rings is 1. The summed E-state index contributed by atoms with van der Waals surface area (Å²) >= 11 is 0. The number of aryl methyl sites for hydroxylation is 1. The maximum atomic E-state index is 12.3. The van der Waals surface area contributed by atoms with Crippen LogP contribution in [-0.2, 0) is 11.2 Å². The number of hydrogen-bond donors (Lipinski definition) is 0. The second-order valence-electron chi connectivity index (χ2n) is 4.66. The van der Waals surface area contributed by atoms with Gasteiger partial charge in [0, 0.05) is 5.92 Å². The van der Waals surface area contributed by atoms with Crippen LogP contribution in [0, 0.1) is 11.8 Å². The Morgan fingerprint density at radius 2 is 1.91 bits per heavy atom. The van der Waals surface area contributed by atoms with Gasteiger partial charge < -0.3 is 9.15 Å². The van der Waals surface area contributed by atoms with E-state index < -0.39 is 18.2 Å². The Morgan fingerprint density at radius 1 is 1.17 bits per heavy atom. The highest BCUT2D eigenvalue weighted by Crippen LogP contribution is 2.14. The van der Waals surface area contributed by atoms with Gasteiger partial charge in [-0.3, -0.25) is 0 Å². The van der Waals surface area contributed by atoms with Gasteiger partial charge in [-0.05, 0) is 36.5 Å². The zero-order valence-electron chi connectivity index (χ0n) is 12.0. The predicted octanol–water partition coefficient (Wildman–Crippen LogP) is 4.00. The van der Waals surface area contributed by atoms with E-state index in [4.69, 9.17) is 9.15 Å². The molecule has 0 fully saturated rings. The number of alkyl halides is 3. The minimum Gasteiger partial charge on any atom is -0.457 e. The molecule has 6 heteroatoms. The Morgan fingerprint density at radius 3 is 2.52 bits per heavy atom. The summed E-state index contributed by atoms with van der Waals surface area (Å²) in [7, 11) is 0. The van der Waals surface area contributed by atoms with Crippen LogP contribution in [0.15, 0.2) is 53.1 Å². The van der Waals surface area contributed by atoms with Gasteiger partial charge in [0.05, 0.1) is 6.26 Å². The molecule has 3 nitrogen and oxygen atoms in total. The van der Waals surface area contributed by atoms with Crippen molar-refractivity contribution in [1.29, 1.82) is 0 Å². The molecule has 0 spiro atoms. The predicted molar refractivity (Wildman–Crippen MR) is 76.5 cm³/mol. The summed E-state index contributed by atoms with van der Waals surface area (Å²) in [5, 5.41) is 0. The average Bonchev–Trinajstić information content (AvgIpc) is 3.04. The quantitative estimate of drug-likeness (QED) is 0.617. The molecule has 0 saturated carbocycles. The number of carbonyl (C=O) groups is 1. The standard InChI is InChI=1S/C17H13F3O3/c18-17(19,20)11-10-14(9-8-13-5-2-1-3-6-13)23-16(21)15-7-4-12-22-15/h1-7,12,14H,8-9H2. The van der Waals surface area contributed by atoms with Gasteiger partial charge in [-0.15, -0.1) is 0 Å². The minimum absolute atomic E-state index is 0.0801. The van der Waals surface area contributed by atoms with E-state index in [9.17, 15) is 18.0 Å². The Labute approximate surface area is 131 Å². The van der Waals surface area contributed by atoms with Crippen molar-refractivity contribution in [2.24, 2.45) is 0 Å². The third-order valence-corrected chi connectivity index (χ3v) is 2.88. The number of benzene rings is 1. The van der Waals surface area contributed by atoms with Crippen LogP contribution in [0.1, 0.15) is 22.5 Å². The van der Waals surface area contributed by atoms with Crippen molar-refractivity contribution in [3.8, 4) is 11.8 Å². The van der Waals surface area contributed by atoms with E-state index in [0.29, 0.717) is 6.42 Å². The van der Waals surface area contributed by atoms with Gasteiger partial charge in [-0.25, -0.2) is 4.79 Å². The smallest absolute Gasteiger partial charge is 0.457 e. The summed E-state index contributed by atoms with van der Waals surface area (Å²) in [6, 6.07) is 12.0. The van der Waals surface area contributed by atoms with Gasteiger partial charge >= 0.3 is 12.1 Å². The van der Waals surface area contributed by atoms with E-state index in [1.165, 1.54) is 18.4 Å². The number of rotatable bonds is 5. The molecule has 0 saturated heterocycles. The van der Waals surface area contributed by atoms with Crippen LogP contribution in [0.25, 0.3) is 0 Å².